The van der Waals surface area contributed by atoms with Gasteiger partial charge in [0.25, 0.3) is 0 Å². The maximum Gasteiger partial charge on any atom is 0.173 e. The second kappa shape index (κ2) is 19.5. The number of rotatable bonds is 8. The van der Waals surface area contributed by atoms with Gasteiger partial charge in [-0.25, -0.2) is 19.9 Å². The lowest BCUT2D eigenvalue weighted by Crippen LogP contribution is -2.02. The van der Waals surface area contributed by atoms with Crippen LogP contribution in [0.2, 0.25) is 5.15 Å². The number of halogens is 1. The van der Waals surface area contributed by atoms with Crippen LogP contribution in [0.5, 0.6) is 0 Å². The summed E-state index contributed by atoms with van der Waals surface area (Å²) in [6, 6.07) is 48.8. The van der Waals surface area contributed by atoms with Gasteiger partial charge in [0.15, 0.2) is 22.6 Å². The number of nitrogens with one attached hydrogen (secondary N) is 3. The molecule has 0 spiro atoms. The first-order chi connectivity index (χ1) is 27.7. The Morgan fingerprint density at radius 2 is 0.789 bits per heavy atom. The largest absolute Gasteiger partial charge is 0.399 e. The van der Waals surface area contributed by atoms with Crippen LogP contribution in [0.1, 0.15) is 22.3 Å². The number of aryl methyl sites for hydroxylation is 4. The standard InChI is InChI=1S/C24H22N4.C14H15N.C10H8ClN3/c1-17-8-6-9-18(2)22(17)19-10-7-13-21(16-19)28-24-23(25-14-15-26-24)27-20-11-4-3-5-12-20;1-10-5-3-6-11(2)14(10)12-7-4-8-13(15)9-12;11-9-10(13-7-6-12-9)14-8-4-2-1-3-5-8/h3-16H,1-2H3,(H,25,27)(H,26,28);3-9H,15H2,1-2H3;1-7H,(H,13,14). The van der Waals surface area contributed by atoms with Crippen LogP contribution in [-0.4, -0.2) is 19.9 Å². The SMILES string of the molecule is Cc1cccc(C)c1-c1cccc(N)c1.Cc1cccc(C)c1-c1cccc(Nc2nccnc2Nc2ccccc2)c1.Clc1nccnc1Nc1ccccc1. The molecule has 57 heavy (non-hydrogen) atoms. The summed E-state index contributed by atoms with van der Waals surface area (Å²) < 4.78 is 0. The van der Waals surface area contributed by atoms with Crippen molar-refractivity contribution >= 4 is 51.8 Å². The highest BCUT2D eigenvalue weighted by Crippen LogP contribution is 2.31. The Morgan fingerprint density at radius 1 is 0.404 bits per heavy atom. The Hall–Kier alpha value is -7.03. The highest BCUT2D eigenvalue weighted by Gasteiger charge is 2.10. The van der Waals surface area contributed by atoms with Gasteiger partial charge >= 0.3 is 0 Å². The predicted octanol–water partition coefficient (Wildman–Crippen LogP) is 12.7. The third-order valence-electron chi connectivity index (χ3n) is 8.98. The normalized spacial score (nSPS) is 10.3. The van der Waals surface area contributed by atoms with Crippen LogP contribution in [0.3, 0.4) is 0 Å². The molecule has 0 bridgehead atoms. The Labute approximate surface area is 339 Å². The molecule has 0 atom stereocenters. The lowest BCUT2D eigenvalue weighted by Gasteiger charge is -2.14. The van der Waals surface area contributed by atoms with E-state index in [2.05, 4.69) is 124 Å². The van der Waals surface area contributed by atoms with Gasteiger partial charge in [-0.2, -0.15) is 0 Å². The van der Waals surface area contributed by atoms with Crippen LogP contribution in [0.4, 0.5) is 40.2 Å². The molecular weight excluding hydrogens is 724 g/mol. The minimum Gasteiger partial charge on any atom is -0.399 e. The molecule has 0 amide bonds. The number of aromatic nitrogens is 4. The van der Waals surface area contributed by atoms with Crippen LogP contribution < -0.4 is 21.7 Å². The Morgan fingerprint density at radius 3 is 1.28 bits per heavy atom. The smallest absolute Gasteiger partial charge is 0.173 e. The van der Waals surface area contributed by atoms with Crippen molar-refractivity contribution in [2.75, 3.05) is 21.7 Å². The molecule has 5 N–H and O–H groups in total. The van der Waals surface area contributed by atoms with Crippen LogP contribution in [-0.2, 0) is 0 Å². The fourth-order valence-electron chi connectivity index (χ4n) is 6.37. The Kier molecular flexibility index (Phi) is 13.6. The zero-order chi connectivity index (χ0) is 40.0. The Bertz CT molecular complexity index is 2490. The van der Waals surface area contributed by atoms with E-state index in [0.717, 1.165) is 22.7 Å². The van der Waals surface area contributed by atoms with E-state index in [9.17, 15) is 0 Å². The van der Waals surface area contributed by atoms with Gasteiger partial charge in [-0.1, -0.05) is 109 Å². The van der Waals surface area contributed by atoms with Gasteiger partial charge in [0.05, 0.1) is 0 Å². The number of hydrogen-bond donors (Lipinski definition) is 4. The van der Waals surface area contributed by atoms with Gasteiger partial charge in [-0.15, -0.1) is 0 Å². The number of nitrogen functional groups attached to an aromatic ring is 1. The van der Waals surface area contributed by atoms with Gasteiger partial charge in [-0.3, -0.25) is 0 Å². The van der Waals surface area contributed by atoms with Crippen molar-refractivity contribution in [1.82, 2.24) is 19.9 Å². The fourth-order valence-corrected chi connectivity index (χ4v) is 6.52. The van der Waals surface area contributed by atoms with Crippen molar-refractivity contribution < 1.29 is 0 Å². The fraction of sp³-hybridized carbons (Fsp3) is 0.0833. The maximum absolute atomic E-state index is 5.84. The molecule has 8 rings (SSSR count). The van der Waals surface area contributed by atoms with Crippen molar-refractivity contribution in [2.45, 2.75) is 27.7 Å². The minimum absolute atomic E-state index is 0.372. The third kappa shape index (κ3) is 11.0. The van der Waals surface area contributed by atoms with Gasteiger partial charge in [0.1, 0.15) is 0 Å². The van der Waals surface area contributed by atoms with E-state index in [-0.39, 0.29) is 0 Å². The number of anilines is 7. The number of nitrogens with two attached hydrogens (primary N) is 1. The maximum atomic E-state index is 5.84. The van der Waals surface area contributed by atoms with Gasteiger partial charge < -0.3 is 21.7 Å². The summed E-state index contributed by atoms with van der Waals surface area (Å²) >= 11 is 5.84. The lowest BCUT2D eigenvalue weighted by atomic mass is 9.95. The molecule has 0 fully saturated rings. The molecule has 0 aliphatic rings. The molecule has 0 aliphatic heterocycles. The van der Waals surface area contributed by atoms with Crippen molar-refractivity contribution in [3.8, 4) is 22.3 Å². The summed E-state index contributed by atoms with van der Waals surface area (Å²) in [7, 11) is 0. The molecule has 8 aromatic rings. The molecule has 0 saturated carbocycles. The van der Waals surface area contributed by atoms with E-state index in [1.165, 1.54) is 44.5 Å². The average molecular weight is 769 g/mol. The van der Waals surface area contributed by atoms with E-state index >= 15 is 0 Å². The number of benzene rings is 6. The van der Waals surface area contributed by atoms with Crippen LogP contribution in [0.25, 0.3) is 22.3 Å². The molecule has 2 aromatic heterocycles. The Balaban J connectivity index is 0.000000159. The van der Waals surface area contributed by atoms with Crippen molar-refractivity contribution in [3.63, 3.8) is 0 Å². The third-order valence-corrected chi connectivity index (χ3v) is 9.25. The van der Waals surface area contributed by atoms with Crippen LogP contribution >= 0.6 is 11.6 Å². The van der Waals surface area contributed by atoms with E-state index in [4.69, 9.17) is 17.3 Å². The monoisotopic (exact) mass is 768 g/mol. The minimum atomic E-state index is 0.372. The second-order valence-electron chi connectivity index (χ2n) is 13.3. The predicted molar refractivity (Wildman–Crippen MR) is 239 cm³/mol. The molecule has 0 radical (unpaired) electrons. The second-order valence-corrected chi connectivity index (χ2v) is 13.7. The highest BCUT2D eigenvalue weighted by atomic mass is 35.5. The molecule has 284 valence electrons. The molecule has 2 heterocycles. The number of hydrogen-bond acceptors (Lipinski definition) is 8. The average Bonchev–Trinajstić information content (AvgIpc) is 3.21. The molecule has 0 saturated heterocycles. The van der Waals surface area contributed by atoms with Gasteiger partial charge in [0.2, 0.25) is 0 Å². The quantitative estimate of drug-likeness (QED) is 0.113. The molecule has 8 nitrogen and oxygen atoms in total. The number of para-hydroxylation sites is 2. The van der Waals surface area contributed by atoms with E-state index < -0.39 is 0 Å². The highest BCUT2D eigenvalue weighted by molar-refractivity contribution is 6.31. The zero-order valence-electron chi connectivity index (χ0n) is 32.4. The van der Waals surface area contributed by atoms with Crippen LogP contribution in [0.15, 0.2) is 170 Å². The van der Waals surface area contributed by atoms with Crippen molar-refractivity contribution in [3.05, 3.63) is 198 Å². The summed E-state index contributed by atoms with van der Waals surface area (Å²) in [4.78, 5) is 16.9. The van der Waals surface area contributed by atoms with Gasteiger partial charge in [0, 0.05) is 47.5 Å². The first-order valence-electron chi connectivity index (χ1n) is 18.5. The molecular formula is C48H45ClN8. The van der Waals surface area contributed by atoms with Crippen molar-refractivity contribution in [2.24, 2.45) is 0 Å². The van der Waals surface area contributed by atoms with Crippen LogP contribution in [0, 0.1) is 27.7 Å². The van der Waals surface area contributed by atoms with E-state index in [1.54, 1.807) is 24.8 Å². The summed E-state index contributed by atoms with van der Waals surface area (Å²) in [5, 5.41) is 10.2. The first-order valence-corrected chi connectivity index (χ1v) is 18.9. The molecule has 9 heteroatoms. The summed E-state index contributed by atoms with van der Waals surface area (Å²) in [6.07, 6.45) is 6.52. The lowest BCUT2D eigenvalue weighted by molar-refractivity contribution is 1.19. The molecule has 0 aliphatic carbocycles. The first kappa shape index (κ1) is 39.7. The van der Waals surface area contributed by atoms with Gasteiger partial charge in [-0.05, 0) is 121 Å². The number of nitrogens with zero attached hydrogens (tertiary/aromatic N) is 4. The zero-order valence-corrected chi connectivity index (χ0v) is 33.2. The van der Waals surface area contributed by atoms with E-state index in [0.29, 0.717) is 22.6 Å². The molecule has 0 unspecified atom stereocenters. The molecule has 6 aromatic carbocycles. The summed E-state index contributed by atoms with van der Waals surface area (Å²) in [5.74, 6) is 1.94. The summed E-state index contributed by atoms with van der Waals surface area (Å²) in [5.41, 5.74) is 19.6. The van der Waals surface area contributed by atoms with E-state index in [1.807, 2.05) is 84.9 Å². The topological polar surface area (TPSA) is 114 Å². The summed E-state index contributed by atoms with van der Waals surface area (Å²) in [6.45, 7) is 8.55. The van der Waals surface area contributed by atoms with Crippen molar-refractivity contribution in [1.29, 1.82) is 0 Å².